The average Bonchev–Trinajstić information content (AvgIpc) is 3.04. The minimum absolute atomic E-state index is 0.0961. The Morgan fingerprint density at radius 3 is 2.36 bits per heavy atom. The van der Waals surface area contributed by atoms with Crippen LogP contribution in [-0.2, 0) is 28.5 Å². The molecule has 0 unspecified atom stereocenters. The summed E-state index contributed by atoms with van der Waals surface area (Å²) in [6, 6.07) is 0. The molecule has 136 valence electrons. The Hall–Kier alpha value is -2.24. The van der Waals surface area contributed by atoms with Crippen LogP contribution >= 0.6 is 0 Å². The SMILES string of the molecule is COC1=C(OC2CCCC2)CCC(C=C2C(=O)OC(C)(C)OC2=O)=C1. The second-order valence-electron chi connectivity index (χ2n) is 6.97. The fourth-order valence-corrected chi connectivity index (χ4v) is 3.28. The molecule has 3 aliphatic rings. The molecule has 0 spiro atoms. The summed E-state index contributed by atoms with van der Waals surface area (Å²) in [5.41, 5.74) is 0.709. The van der Waals surface area contributed by atoms with Crippen LogP contribution in [0.4, 0.5) is 0 Å². The summed E-state index contributed by atoms with van der Waals surface area (Å²) in [5.74, 6) is -1.09. The van der Waals surface area contributed by atoms with E-state index in [1.807, 2.05) is 0 Å². The van der Waals surface area contributed by atoms with Crippen LogP contribution in [0.1, 0.15) is 52.4 Å². The van der Waals surface area contributed by atoms with Crippen molar-refractivity contribution in [3.05, 3.63) is 34.8 Å². The quantitative estimate of drug-likeness (QED) is 0.441. The molecule has 0 aromatic rings. The van der Waals surface area contributed by atoms with Crippen LogP contribution < -0.4 is 0 Å². The van der Waals surface area contributed by atoms with E-state index in [1.54, 1.807) is 13.2 Å². The maximum absolute atomic E-state index is 12.1. The molecule has 1 saturated carbocycles. The van der Waals surface area contributed by atoms with Crippen molar-refractivity contribution in [3.8, 4) is 0 Å². The Balaban J connectivity index is 1.79. The zero-order valence-electron chi connectivity index (χ0n) is 14.9. The maximum Gasteiger partial charge on any atom is 0.348 e. The molecule has 0 atom stereocenters. The Morgan fingerprint density at radius 1 is 1.12 bits per heavy atom. The molecule has 25 heavy (non-hydrogen) atoms. The zero-order chi connectivity index (χ0) is 18.0. The van der Waals surface area contributed by atoms with E-state index in [0.29, 0.717) is 18.6 Å². The zero-order valence-corrected chi connectivity index (χ0v) is 14.9. The molecule has 6 nitrogen and oxygen atoms in total. The van der Waals surface area contributed by atoms with E-state index in [9.17, 15) is 9.59 Å². The van der Waals surface area contributed by atoms with Crippen LogP contribution in [-0.4, -0.2) is 30.9 Å². The second kappa shape index (κ2) is 6.94. The van der Waals surface area contributed by atoms with Crippen molar-refractivity contribution in [3.63, 3.8) is 0 Å². The van der Waals surface area contributed by atoms with Crippen molar-refractivity contribution < 1.29 is 28.5 Å². The van der Waals surface area contributed by atoms with Crippen LogP contribution in [0.5, 0.6) is 0 Å². The summed E-state index contributed by atoms with van der Waals surface area (Å²) in [6.45, 7) is 3.05. The van der Waals surface area contributed by atoms with E-state index in [0.717, 1.165) is 24.2 Å². The first-order chi connectivity index (χ1) is 11.9. The van der Waals surface area contributed by atoms with Gasteiger partial charge < -0.3 is 18.9 Å². The van der Waals surface area contributed by atoms with E-state index in [2.05, 4.69) is 0 Å². The highest BCUT2D eigenvalue weighted by molar-refractivity contribution is 6.15. The van der Waals surface area contributed by atoms with E-state index in [1.165, 1.54) is 32.8 Å². The number of carbonyl (C=O) groups is 2. The van der Waals surface area contributed by atoms with E-state index in [4.69, 9.17) is 18.9 Å². The summed E-state index contributed by atoms with van der Waals surface area (Å²) < 4.78 is 21.7. The fraction of sp³-hybridized carbons (Fsp3) is 0.579. The van der Waals surface area contributed by atoms with Gasteiger partial charge >= 0.3 is 11.9 Å². The molecule has 0 N–H and O–H groups in total. The number of cyclic esters (lactones) is 2. The van der Waals surface area contributed by atoms with Gasteiger partial charge in [-0.05, 0) is 49.8 Å². The lowest BCUT2D eigenvalue weighted by molar-refractivity contribution is -0.222. The predicted octanol–water partition coefficient (Wildman–Crippen LogP) is 3.29. The molecule has 0 aromatic carbocycles. The lowest BCUT2D eigenvalue weighted by atomic mass is 9.99. The first kappa shape index (κ1) is 17.6. The topological polar surface area (TPSA) is 71.1 Å². The molecule has 6 heteroatoms. The first-order valence-electron chi connectivity index (χ1n) is 8.71. The van der Waals surface area contributed by atoms with Gasteiger partial charge in [0.15, 0.2) is 5.76 Å². The molecule has 0 radical (unpaired) electrons. The highest BCUT2D eigenvalue weighted by Crippen LogP contribution is 2.32. The van der Waals surface area contributed by atoms with Crippen LogP contribution in [0.2, 0.25) is 0 Å². The van der Waals surface area contributed by atoms with Gasteiger partial charge in [-0.15, -0.1) is 0 Å². The van der Waals surface area contributed by atoms with Gasteiger partial charge in [0.05, 0.1) is 13.2 Å². The summed E-state index contributed by atoms with van der Waals surface area (Å²) in [4.78, 5) is 24.1. The first-order valence-corrected chi connectivity index (χ1v) is 8.71. The molecule has 1 saturated heterocycles. The van der Waals surface area contributed by atoms with E-state index >= 15 is 0 Å². The van der Waals surface area contributed by atoms with Crippen molar-refractivity contribution in [2.24, 2.45) is 0 Å². The number of ether oxygens (including phenoxy) is 4. The molecule has 3 rings (SSSR count). The molecular weight excluding hydrogens is 324 g/mol. The minimum atomic E-state index is -1.23. The minimum Gasteiger partial charge on any atom is -0.493 e. The number of hydrogen-bond acceptors (Lipinski definition) is 6. The van der Waals surface area contributed by atoms with Crippen molar-refractivity contribution in [1.29, 1.82) is 0 Å². The van der Waals surface area contributed by atoms with E-state index < -0.39 is 17.7 Å². The van der Waals surface area contributed by atoms with Gasteiger partial charge in [0.25, 0.3) is 5.79 Å². The van der Waals surface area contributed by atoms with Gasteiger partial charge in [-0.1, -0.05) is 0 Å². The van der Waals surface area contributed by atoms with Crippen LogP contribution in [0.3, 0.4) is 0 Å². The number of carbonyl (C=O) groups excluding carboxylic acids is 2. The maximum atomic E-state index is 12.1. The van der Waals surface area contributed by atoms with Crippen molar-refractivity contribution in [1.82, 2.24) is 0 Å². The molecule has 1 heterocycles. The highest BCUT2D eigenvalue weighted by atomic mass is 16.7. The molecule has 0 bridgehead atoms. The van der Waals surface area contributed by atoms with Gasteiger partial charge in [0.1, 0.15) is 11.3 Å². The molecule has 1 aliphatic heterocycles. The third-order valence-electron chi connectivity index (χ3n) is 4.51. The molecular formula is C19H24O6. The summed E-state index contributed by atoms with van der Waals surface area (Å²) in [5, 5.41) is 0. The highest BCUT2D eigenvalue weighted by Gasteiger charge is 2.39. The fourth-order valence-electron chi connectivity index (χ4n) is 3.28. The molecule has 2 fully saturated rings. The van der Waals surface area contributed by atoms with Gasteiger partial charge in [-0.2, -0.15) is 0 Å². The lowest BCUT2D eigenvalue weighted by Crippen LogP contribution is -2.41. The Morgan fingerprint density at radius 2 is 1.76 bits per heavy atom. The second-order valence-corrected chi connectivity index (χ2v) is 6.97. The summed E-state index contributed by atoms with van der Waals surface area (Å²) >= 11 is 0. The monoisotopic (exact) mass is 348 g/mol. The Kier molecular flexibility index (Phi) is 4.88. The number of methoxy groups -OCH3 is 1. The van der Waals surface area contributed by atoms with E-state index in [-0.39, 0.29) is 11.7 Å². The van der Waals surface area contributed by atoms with Crippen molar-refractivity contribution in [2.45, 2.75) is 64.3 Å². The van der Waals surface area contributed by atoms with Crippen molar-refractivity contribution in [2.75, 3.05) is 7.11 Å². The summed E-state index contributed by atoms with van der Waals surface area (Å²) in [6.07, 6.45) is 9.48. The predicted molar refractivity (Wildman–Crippen MR) is 89.0 cm³/mol. The molecule has 2 aliphatic carbocycles. The average molecular weight is 348 g/mol. The normalized spacial score (nSPS) is 23.8. The Bertz CT molecular complexity index is 639. The lowest BCUT2D eigenvalue weighted by Gasteiger charge is -2.30. The van der Waals surface area contributed by atoms with Crippen LogP contribution in [0, 0.1) is 0 Å². The number of allylic oxidation sites excluding steroid dienone is 4. The largest absolute Gasteiger partial charge is 0.493 e. The number of hydrogen-bond donors (Lipinski definition) is 0. The summed E-state index contributed by atoms with van der Waals surface area (Å²) in [7, 11) is 1.59. The third kappa shape index (κ3) is 4.06. The van der Waals surface area contributed by atoms with Crippen LogP contribution in [0.25, 0.3) is 0 Å². The standard InChI is InChI=1S/C19H24O6/c1-19(2)24-17(20)14(18(21)25-19)10-12-8-9-15(16(11-12)22-3)23-13-6-4-5-7-13/h10-11,13H,4-9H2,1-3H3. The van der Waals surface area contributed by atoms with Crippen molar-refractivity contribution >= 4 is 11.9 Å². The number of rotatable bonds is 4. The van der Waals surface area contributed by atoms with Gasteiger partial charge in [0.2, 0.25) is 0 Å². The Labute approximate surface area is 147 Å². The molecule has 0 amide bonds. The molecule has 0 aromatic heterocycles. The van der Waals surface area contributed by atoms with Gasteiger partial charge in [0, 0.05) is 20.3 Å². The third-order valence-corrected chi connectivity index (χ3v) is 4.51. The van der Waals surface area contributed by atoms with Crippen LogP contribution in [0.15, 0.2) is 34.8 Å². The van der Waals surface area contributed by atoms with Gasteiger partial charge in [-0.25, -0.2) is 9.59 Å². The smallest absolute Gasteiger partial charge is 0.348 e. The number of esters is 2. The van der Waals surface area contributed by atoms with Gasteiger partial charge in [-0.3, -0.25) is 0 Å².